The molecule has 29 heavy (non-hydrogen) atoms. The van der Waals surface area contributed by atoms with Crippen LogP contribution in [0.15, 0.2) is 51.4 Å². The number of para-hydroxylation sites is 1. The standard InChI is InChI=1S/C19H20N6O4/c1-23-17-16(18(27)24(2)19(23)28)25(12-20-17)11-15(26)22-21-10-6-8-13-7-4-5-9-14(13)29-3/h4-10,12H,11H2,1-3H3,(H,22,26). The second kappa shape index (κ2) is 8.38. The van der Waals surface area contributed by atoms with Crippen LogP contribution in [0.4, 0.5) is 0 Å². The summed E-state index contributed by atoms with van der Waals surface area (Å²) in [7, 11) is 4.48. The maximum Gasteiger partial charge on any atom is 0.332 e. The molecule has 0 unspecified atom stereocenters. The van der Waals surface area contributed by atoms with Crippen LogP contribution in [0.25, 0.3) is 17.2 Å². The number of hydrazone groups is 1. The zero-order valence-electron chi connectivity index (χ0n) is 16.2. The number of carbonyl (C=O) groups excluding carboxylic acids is 1. The van der Waals surface area contributed by atoms with Gasteiger partial charge in [-0.1, -0.05) is 18.2 Å². The van der Waals surface area contributed by atoms with Crippen molar-refractivity contribution in [2.45, 2.75) is 6.54 Å². The second-order valence-electron chi connectivity index (χ2n) is 6.16. The molecule has 1 N–H and O–H groups in total. The number of imidazole rings is 1. The van der Waals surface area contributed by atoms with E-state index in [9.17, 15) is 14.4 Å². The van der Waals surface area contributed by atoms with E-state index in [0.717, 1.165) is 15.9 Å². The van der Waals surface area contributed by atoms with E-state index in [0.29, 0.717) is 0 Å². The Morgan fingerprint density at radius 2 is 2.00 bits per heavy atom. The third-order valence-electron chi connectivity index (χ3n) is 4.30. The summed E-state index contributed by atoms with van der Waals surface area (Å²) in [4.78, 5) is 40.5. The van der Waals surface area contributed by atoms with E-state index in [1.165, 1.54) is 35.8 Å². The van der Waals surface area contributed by atoms with Crippen LogP contribution in [0.3, 0.4) is 0 Å². The predicted molar refractivity (Wildman–Crippen MR) is 109 cm³/mol. The summed E-state index contributed by atoms with van der Waals surface area (Å²) in [5.74, 6) is 0.284. The summed E-state index contributed by atoms with van der Waals surface area (Å²) >= 11 is 0. The molecule has 150 valence electrons. The van der Waals surface area contributed by atoms with E-state index in [1.807, 2.05) is 24.3 Å². The number of nitrogens with one attached hydrogen (secondary N) is 1. The van der Waals surface area contributed by atoms with Crippen molar-refractivity contribution in [2.75, 3.05) is 7.11 Å². The average molecular weight is 396 g/mol. The number of hydrogen-bond acceptors (Lipinski definition) is 6. The van der Waals surface area contributed by atoms with Gasteiger partial charge in [-0.25, -0.2) is 15.2 Å². The van der Waals surface area contributed by atoms with Gasteiger partial charge in [-0.3, -0.25) is 18.7 Å². The smallest absolute Gasteiger partial charge is 0.332 e. The van der Waals surface area contributed by atoms with Crippen LogP contribution in [0.5, 0.6) is 5.75 Å². The number of fused-ring (bicyclic) bond motifs is 1. The first kappa shape index (κ1) is 19.8. The monoisotopic (exact) mass is 396 g/mol. The SMILES string of the molecule is COc1ccccc1C=CC=NNC(=O)Cn1cnc2c1c(=O)n(C)c(=O)n2C. The fourth-order valence-electron chi connectivity index (χ4n) is 2.81. The Balaban J connectivity index is 1.69. The van der Waals surface area contributed by atoms with Crippen molar-refractivity contribution in [1.82, 2.24) is 24.1 Å². The van der Waals surface area contributed by atoms with Crippen molar-refractivity contribution < 1.29 is 9.53 Å². The minimum absolute atomic E-state index is 0.169. The van der Waals surface area contributed by atoms with Gasteiger partial charge in [0.2, 0.25) is 0 Å². The number of ether oxygens (including phenoxy) is 1. The number of nitrogens with zero attached hydrogens (tertiary/aromatic N) is 5. The van der Waals surface area contributed by atoms with Crippen molar-refractivity contribution in [1.29, 1.82) is 0 Å². The van der Waals surface area contributed by atoms with E-state index in [1.54, 1.807) is 19.3 Å². The normalized spacial score (nSPS) is 11.6. The Morgan fingerprint density at radius 1 is 1.24 bits per heavy atom. The highest BCUT2D eigenvalue weighted by Gasteiger charge is 2.15. The molecule has 1 aromatic carbocycles. The molecule has 0 radical (unpaired) electrons. The molecule has 0 spiro atoms. The topological polar surface area (TPSA) is 113 Å². The van der Waals surface area contributed by atoms with Crippen LogP contribution < -0.4 is 21.4 Å². The molecule has 0 fully saturated rings. The van der Waals surface area contributed by atoms with Gasteiger partial charge in [-0.05, 0) is 18.2 Å². The Kier molecular flexibility index (Phi) is 5.72. The lowest BCUT2D eigenvalue weighted by Gasteiger charge is -2.05. The molecule has 3 aromatic rings. The molecule has 0 aliphatic heterocycles. The van der Waals surface area contributed by atoms with E-state index in [4.69, 9.17) is 4.74 Å². The lowest BCUT2D eigenvalue weighted by Crippen LogP contribution is -2.38. The summed E-state index contributed by atoms with van der Waals surface area (Å²) in [5.41, 5.74) is 2.64. The zero-order chi connectivity index (χ0) is 21.0. The number of hydrogen-bond donors (Lipinski definition) is 1. The molecule has 1 amide bonds. The molecule has 0 aliphatic rings. The summed E-state index contributed by atoms with van der Waals surface area (Å²) in [6.45, 7) is -0.169. The molecule has 3 rings (SSSR count). The third-order valence-corrected chi connectivity index (χ3v) is 4.30. The minimum atomic E-state index is -0.517. The first-order valence-corrected chi connectivity index (χ1v) is 8.66. The number of methoxy groups -OCH3 is 1. The van der Waals surface area contributed by atoms with Gasteiger partial charge in [0.1, 0.15) is 12.3 Å². The molecular formula is C19H20N6O4. The number of amides is 1. The van der Waals surface area contributed by atoms with E-state index in [2.05, 4.69) is 15.5 Å². The molecule has 10 heteroatoms. The Labute approximate surface area is 165 Å². The molecule has 2 heterocycles. The summed E-state index contributed by atoms with van der Waals surface area (Å²) < 4.78 is 8.85. The minimum Gasteiger partial charge on any atom is -0.496 e. The van der Waals surface area contributed by atoms with Crippen molar-refractivity contribution in [3.05, 3.63) is 63.1 Å². The van der Waals surface area contributed by atoms with Gasteiger partial charge in [-0.15, -0.1) is 0 Å². The molecule has 0 saturated heterocycles. The molecule has 10 nitrogen and oxygen atoms in total. The van der Waals surface area contributed by atoms with Crippen molar-refractivity contribution in [3.8, 4) is 5.75 Å². The quantitative estimate of drug-likeness (QED) is 0.474. The van der Waals surface area contributed by atoms with Crippen molar-refractivity contribution in [3.63, 3.8) is 0 Å². The van der Waals surface area contributed by atoms with E-state index in [-0.39, 0.29) is 17.7 Å². The number of aryl methyl sites for hydroxylation is 1. The molecule has 0 saturated carbocycles. The summed E-state index contributed by atoms with van der Waals surface area (Å²) in [6, 6.07) is 7.49. The van der Waals surface area contributed by atoms with Crippen molar-refractivity contribution >= 4 is 29.4 Å². The number of benzene rings is 1. The van der Waals surface area contributed by atoms with Gasteiger partial charge in [-0.2, -0.15) is 5.10 Å². The van der Waals surface area contributed by atoms with E-state index < -0.39 is 17.2 Å². The maximum atomic E-state index is 12.4. The van der Waals surface area contributed by atoms with Gasteiger partial charge in [0.25, 0.3) is 11.5 Å². The molecule has 0 atom stereocenters. The summed E-state index contributed by atoms with van der Waals surface area (Å²) in [5, 5.41) is 3.85. The first-order valence-electron chi connectivity index (χ1n) is 8.66. The Hall–Kier alpha value is -3.95. The van der Waals surface area contributed by atoms with Gasteiger partial charge in [0.05, 0.1) is 13.4 Å². The fraction of sp³-hybridized carbons (Fsp3) is 0.211. The largest absolute Gasteiger partial charge is 0.496 e. The molecule has 0 bridgehead atoms. The van der Waals surface area contributed by atoms with Crippen LogP contribution in [0, 0.1) is 0 Å². The maximum absolute atomic E-state index is 12.4. The summed E-state index contributed by atoms with van der Waals surface area (Å²) in [6.07, 6.45) is 6.23. The number of allylic oxidation sites excluding steroid dienone is 1. The number of carbonyl (C=O) groups is 1. The molecule has 2 aromatic heterocycles. The van der Waals surface area contributed by atoms with Crippen LogP contribution in [0.1, 0.15) is 5.56 Å². The zero-order valence-corrected chi connectivity index (χ0v) is 16.2. The lowest BCUT2D eigenvalue weighted by atomic mass is 10.2. The lowest BCUT2D eigenvalue weighted by molar-refractivity contribution is -0.121. The highest BCUT2D eigenvalue weighted by molar-refractivity contribution is 5.82. The van der Waals surface area contributed by atoms with Gasteiger partial charge >= 0.3 is 5.69 Å². The highest BCUT2D eigenvalue weighted by Crippen LogP contribution is 2.18. The van der Waals surface area contributed by atoms with Crippen LogP contribution >= 0.6 is 0 Å². The van der Waals surface area contributed by atoms with Gasteiger partial charge in [0, 0.05) is 25.9 Å². The highest BCUT2D eigenvalue weighted by atomic mass is 16.5. The molecule has 0 aliphatic carbocycles. The first-order chi connectivity index (χ1) is 13.9. The van der Waals surface area contributed by atoms with Gasteiger partial charge in [0.15, 0.2) is 11.2 Å². The molecular weight excluding hydrogens is 376 g/mol. The van der Waals surface area contributed by atoms with Gasteiger partial charge < -0.3 is 9.30 Å². The van der Waals surface area contributed by atoms with Crippen LogP contribution in [-0.4, -0.2) is 37.9 Å². The fourth-order valence-corrected chi connectivity index (χ4v) is 2.81. The third kappa shape index (κ3) is 4.00. The number of aromatic nitrogens is 4. The van der Waals surface area contributed by atoms with E-state index >= 15 is 0 Å². The van der Waals surface area contributed by atoms with Crippen molar-refractivity contribution in [2.24, 2.45) is 19.2 Å². The second-order valence-corrected chi connectivity index (χ2v) is 6.16. The average Bonchev–Trinajstić information content (AvgIpc) is 3.14. The Morgan fingerprint density at radius 3 is 2.76 bits per heavy atom. The van der Waals surface area contributed by atoms with Crippen LogP contribution in [0.2, 0.25) is 0 Å². The predicted octanol–water partition coefficient (Wildman–Crippen LogP) is 0.258. The van der Waals surface area contributed by atoms with Crippen LogP contribution in [-0.2, 0) is 25.4 Å². The number of rotatable bonds is 6. The Bertz CT molecular complexity index is 1230.